The van der Waals surface area contributed by atoms with Crippen molar-refractivity contribution in [2.24, 2.45) is 0 Å². The van der Waals surface area contributed by atoms with Crippen LogP contribution in [0.3, 0.4) is 0 Å². The third-order valence-corrected chi connectivity index (χ3v) is 2.85. The molecule has 10 heavy (non-hydrogen) atoms. The SMILES string of the molecule is Cc1sc2cncn2c1C. The fraction of sp³-hybridized carbons (Fsp3) is 0.286. The van der Waals surface area contributed by atoms with Crippen LogP contribution in [-0.2, 0) is 0 Å². The summed E-state index contributed by atoms with van der Waals surface area (Å²) in [5, 5.41) is 0. The van der Waals surface area contributed by atoms with E-state index in [9.17, 15) is 0 Å². The zero-order valence-corrected chi connectivity index (χ0v) is 6.77. The molecule has 0 spiro atoms. The molecule has 2 heterocycles. The van der Waals surface area contributed by atoms with Gasteiger partial charge in [0.2, 0.25) is 0 Å². The van der Waals surface area contributed by atoms with E-state index in [1.165, 1.54) is 15.4 Å². The minimum absolute atomic E-state index is 1.23. The summed E-state index contributed by atoms with van der Waals surface area (Å²) in [4.78, 5) is 6.64. The summed E-state index contributed by atoms with van der Waals surface area (Å²) in [6.07, 6.45) is 3.75. The number of thiazole rings is 1. The minimum Gasteiger partial charge on any atom is -0.294 e. The monoisotopic (exact) mass is 152 g/mol. The maximum absolute atomic E-state index is 4.04. The van der Waals surface area contributed by atoms with E-state index < -0.39 is 0 Å². The largest absolute Gasteiger partial charge is 0.294 e. The number of fused-ring (bicyclic) bond motifs is 1. The van der Waals surface area contributed by atoms with Gasteiger partial charge in [0, 0.05) is 10.6 Å². The summed E-state index contributed by atoms with van der Waals surface area (Å²) in [7, 11) is 0. The molecule has 0 aromatic carbocycles. The molecule has 0 saturated heterocycles. The van der Waals surface area contributed by atoms with Crippen LogP contribution >= 0.6 is 11.3 Å². The molecule has 3 heteroatoms. The second-order valence-corrected chi connectivity index (χ2v) is 3.58. The first-order chi connectivity index (χ1) is 4.79. The summed E-state index contributed by atoms with van der Waals surface area (Å²) in [6, 6.07) is 0. The van der Waals surface area contributed by atoms with E-state index in [0.717, 1.165) is 0 Å². The molecule has 0 aliphatic carbocycles. The third kappa shape index (κ3) is 0.609. The highest BCUT2D eigenvalue weighted by Crippen LogP contribution is 2.20. The standard InChI is InChI=1S/C7H8N2S/c1-5-6(2)10-7-3-8-4-9(5)7/h3-4H,1-2H3. The minimum atomic E-state index is 1.23. The van der Waals surface area contributed by atoms with Crippen molar-refractivity contribution in [2.75, 3.05) is 0 Å². The van der Waals surface area contributed by atoms with Crippen LogP contribution in [0.2, 0.25) is 0 Å². The maximum Gasteiger partial charge on any atom is 0.119 e. The number of aryl methyl sites for hydroxylation is 2. The van der Waals surface area contributed by atoms with E-state index in [-0.39, 0.29) is 0 Å². The average molecular weight is 152 g/mol. The van der Waals surface area contributed by atoms with Gasteiger partial charge in [-0.3, -0.25) is 4.40 Å². The van der Waals surface area contributed by atoms with Crippen LogP contribution in [0.4, 0.5) is 0 Å². The molecule has 2 aromatic rings. The topological polar surface area (TPSA) is 17.3 Å². The molecule has 0 aliphatic heterocycles. The van der Waals surface area contributed by atoms with Crippen molar-refractivity contribution < 1.29 is 0 Å². The first kappa shape index (κ1) is 5.92. The van der Waals surface area contributed by atoms with Gasteiger partial charge >= 0.3 is 0 Å². The van der Waals surface area contributed by atoms with Crippen molar-refractivity contribution >= 4 is 16.2 Å². The van der Waals surface area contributed by atoms with Gasteiger partial charge in [0.05, 0.1) is 6.20 Å². The molecule has 2 aromatic heterocycles. The van der Waals surface area contributed by atoms with Crippen molar-refractivity contribution in [1.82, 2.24) is 9.38 Å². The second kappa shape index (κ2) is 1.83. The van der Waals surface area contributed by atoms with Crippen molar-refractivity contribution in [1.29, 1.82) is 0 Å². The Morgan fingerprint density at radius 2 is 2.30 bits per heavy atom. The lowest BCUT2D eigenvalue weighted by molar-refractivity contribution is 1.08. The predicted octanol–water partition coefficient (Wildman–Crippen LogP) is 2.01. The van der Waals surface area contributed by atoms with E-state index in [2.05, 4.69) is 23.2 Å². The second-order valence-electron chi connectivity index (χ2n) is 2.35. The van der Waals surface area contributed by atoms with Crippen LogP contribution in [0.1, 0.15) is 10.6 Å². The van der Waals surface area contributed by atoms with Gasteiger partial charge < -0.3 is 0 Å². The van der Waals surface area contributed by atoms with Crippen molar-refractivity contribution in [2.45, 2.75) is 13.8 Å². The summed E-state index contributed by atoms with van der Waals surface area (Å²) in [6.45, 7) is 4.24. The first-order valence-corrected chi connectivity index (χ1v) is 3.99. The zero-order valence-electron chi connectivity index (χ0n) is 5.96. The van der Waals surface area contributed by atoms with Gasteiger partial charge in [0.15, 0.2) is 0 Å². The van der Waals surface area contributed by atoms with Crippen LogP contribution in [0.5, 0.6) is 0 Å². The molecule has 2 rings (SSSR count). The van der Waals surface area contributed by atoms with Gasteiger partial charge in [-0.2, -0.15) is 0 Å². The Balaban J connectivity index is 2.95. The fourth-order valence-electron chi connectivity index (χ4n) is 1.01. The molecule has 0 unspecified atom stereocenters. The highest BCUT2D eigenvalue weighted by Gasteiger charge is 2.01. The van der Waals surface area contributed by atoms with Gasteiger partial charge in [0.1, 0.15) is 11.2 Å². The van der Waals surface area contributed by atoms with Crippen LogP contribution in [0.25, 0.3) is 4.83 Å². The van der Waals surface area contributed by atoms with Gasteiger partial charge in [-0.1, -0.05) is 0 Å². The molecule has 52 valence electrons. The molecule has 0 N–H and O–H groups in total. The Kier molecular flexibility index (Phi) is 1.08. The highest BCUT2D eigenvalue weighted by atomic mass is 32.1. The van der Waals surface area contributed by atoms with E-state index in [1.807, 2.05) is 12.5 Å². The van der Waals surface area contributed by atoms with Crippen molar-refractivity contribution in [3.05, 3.63) is 23.1 Å². The Hall–Kier alpha value is -0.830. The van der Waals surface area contributed by atoms with Crippen LogP contribution < -0.4 is 0 Å². The molecule has 0 bridgehead atoms. The quantitative estimate of drug-likeness (QED) is 0.564. The van der Waals surface area contributed by atoms with E-state index in [0.29, 0.717) is 0 Å². The van der Waals surface area contributed by atoms with Gasteiger partial charge in [-0.25, -0.2) is 4.98 Å². The number of imidazole rings is 1. The van der Waals surface area contributed by atoms with Crippen molar-refractivity contribution in [3.63, 3.8) is 0 Å². The van der Waals surface area contributed by atoms with Crippen molar-refractivity contribution in [3.8, 4) is 0 Å². The molecular weight excluding hydrogens is 144 g/mol. The lowest BCUT2D eigenvalue weighted by Gasteiger charge is -1.86. The smallest absolute Gasteiger partial charge is 0.119 e. The lowest BCUT2D eigenvalue weighted by Crippen LogP contribution is -1.80. The number of nitrogens with zero attached hydrogens (tertiary/aromatic N) is 2. The highest BCUT2D eigenvalue weighted by molar-refractivity contribution is 7.17. The Bertz CT molecular complexity index is 358. The molecule has 0 amide bonds. The number of aromatic nitrogens is 2. The van der Waals surface area contributed by atoms with E-state index >= 15 is 0 Å². The molecule has 0 atom stereocenters. The van der Waals surface area contributed by atoms with E-state index in [4.69, 9.17) is 0 Å². The number of rotatable bonds is 0. The summed E-state index contributed by atoms with van der Waals surface area (Å²) in [5.74, 6) is 0. The Labute approximate surface area is 63.1 Å². The Morgan fingerprint density at radius 1 is 1.50 bits per heavy atom. The third-order valence-electron chi connectivity index (χ3n) is 1.73. The summed E-state index contributed by atoms with van der Waals surface area (Å²) < 4.78 is 2.11. The average Bonchev–Trinajstić information content (AvgIpc) is 2.41. The van der Waals surface area contributed by atoms with E-state index in [1.54, 1.807) is 11.3 Å². The van der Waals surface area contributed by atoms with Gasteiger partial charge in [-0.15, -0.1) is 11.3 Å². The Morgan fingerprint density at radius 3 is 3.00 bits per heavy atom. The van der Waals surface area contributed by atoms with Gasteiger partial charge in [0.25, 0.3) is 0 Å². The first-order valence-electron chi connectivity index (χ1n) is 3.17. The van der Waals surface area contributed by atoms with Crippen LogP contribution in [0.15, 0.2) is 12.5 Å². The van der Waals surface area contributed by atoms with Gasteiger partial charge in [-0.05, 0) is 13.8 Å². The maximum atomic E-state index is 4.04. The summed E-state index contributed by atoms with van der Waals surface area (Å²) in [5.41, 5.74) is 1.30. The molecule has 0 saturated carbocycles. The molecule has 0 aliphatic rings. The summed E-state index contributed by atoms with van der Waals surface area (Å²) >= 11 is 1.79. The fourth-order valence-corrected chi connectivity index (χ4v) is 1.97. The molecule has 0 fully saturated rings. The molecule has 2 nitrogen and oxygen atoms in total. The predicted molar refractivity (Wildman–Crippen MR) is 42.5 cm³/mol. The number of hydrogen-bond donors (Lipinski definition) is 0. The van der Waals surface area contributed by atoms with Crippen LogP contribution in [0, 0.1) is 13.8 Å². The molecular formula is C7H8N2S. The zero-order chi connectivity index (χ0) is 7.14. The van der Waals surface area contributed by atoms with Crippen LogP contribution in [-0.4, -0.2) is 9.38 Å². The molecule has 0 radical (unpaired) electrons. The lowest BCUT2D eigenvalue weighted by atomic mass is 10.4. The number of hydrogen-bond acceptors (Lipinski definition) is 2. The normalized spacial score (nSPS) is 11.0.